The molecule has 0 bridgehead atoms. The maximum absolute atomic E-state index is 15.3. The van der Waals surface area contributed by atoms with Gasteiger partial charge in [-0.25, -0.2) is 13.8 Å². The summed E-state index contributed by atoms with van der Waals surface area (Å²) in [7, 11) is 1.69. The third kappa shape index (κ3) is 5.92. The minimum atomic E-state index is -4.75. The second-order valence-electron chi connectivity index (χ2n) is 8.66. The monoisotopic (exact) mass is 597 g/mol. The van der Waals surface area contributed by atoms with Crippen LogP contribution in [0.1, 0.15) is 23.9 Å². The summed E-state index contributed by atoms with van der Waals surface area (Å²) < 4.78 is 88.2. The molecule has 41 heavy (non-hydrogen) atoms. The zero-order chi connectivity index (χ0) is 29.3. The summed E-state index contributed by atoms with van der Waals surface area (Å²) in [6.07, 6.45) is 1.96. The average Bonchev–Trinajstić information content (AvgIpc) is 3.69. The minimum Gasteiger partial charge on any atom is -0.323 e. The van der Waals surface area contributed by atoms with Crippen molar-refractivity contribution >= 4 is 11.6 Å². The Morgan fingerprint density at radius 2 is 1.80 bits per heavy atom. The Balaban J connectivity index is 1.51. The van der Waals surface area contributed by atoms with Gasteiger partial charge in [0.1, 0.15) is 0 Å². The van der Waals surface area contributed by atoms with Crippen LogP contribution in [-0.4, -0.2) is 58.0 Å². The molecule has 0 aliphatic heterocycles. The number of hydrogen-bond donors (Lipinski definition) is 0. The van der Waals surface area contributed by atoms with E-state index in [2.05, 4.69) is 35.4 Å². The average molecular weight is 598 g/mol. The molecule has 0 spiro atoms. The molecule has 214 valence electrons. The second-order valence-corrected chi connectivity index (χ2v) is 9.07. The molecule has 0 amide bonds. The van der Waals surface area contributed by atoms with Crippen molar-refractivity contribution in [1.29, 1.82) is 0 Å². The highest BCUT2D eigenvalue weighted by molar-refractivity contribution is 6.31. The van der Waals surface area contributed by atoms with Crippen LogP contribution in [0.15, 0.2) is 55.2 Å². The van der Waals surface area contributed by atoms with Crippen molar-refractivity contribution in [3.05, 3.63) is 77.5 Å². The zero-order valence-corrected chi connectivity index (χ0v) is 21.6. The normalized spacial score (nSPS) is 12.8. The highest BCUT2D eigenvalue weighted by atomic mass is 35.5. The van der Waals surface area contributed by atoms with Gasteiger partial charge in [-0.3, -0.25) is 9.67 Å². The summed E-state index contributed by atoms with van der Waals surface area (Å²) in [4.78, 5) is 4.40. The fourth-order valence-corrected chi connectivity index (χ4v) is 4.30. The van der Waals surface area contributed by atoms with E-state index >= 15 is 4.39 Å². The van der Waals surface area contributed by atoms with Crippen LogP contribution < -0.4 is 0 Å². The van der Waals surface area contributed by atoms with E-state index in [-0.39, 0.29) is 34.9 Å². The maximum atomic E-state index is 15.3. The van der Waals surface area contributed by atoms with Crippen molar-refractivity contribution in [1.82, 2.24) is 44.8 Å². The Morgan fingerprint density at radius 1 is 1.00 bits per heavy atom. The predicted molar refractivity (Wildman–Crippen MR) is 131 cm³/mol. The number of nitrogens with zero attached hydrogens (tertiary/aromatic N) is 9. The minimum absolute atomic E-state index is 0.0530. The Labute approximate surface area is 232 Å². The van der Waals surface area contributed by atoms with Crippen molar-refractivity contribution in [3.8, 4) is 28.1 Å². The van der Waals surface area contributed by atoms with Crippen LogP contribution in [0.2, 0.25) is 5.02 Å². The molecular formula is C24H18ClF6N9O. The first kappa shape index (κ1) is 28.2. The van der Waals surface area contributed by atoms with Gasteiger partial charge in [-0.05, 0) is 24.6 Å². The van der Waals surface area contributed by atoms with Gasteiger partial charge in [-0.1, -0.05) is 28.1 Å². The first-order chi connectivity index (χ1) is 19.5. The molecule has 10 nitrogen and oxygen atoms in total. The van der Waals surface area contributed by atoms with Crippen molar-refractivity contribution < 1.29 is 31.1 Å². The molecule has 4 heterocycles. The van der Waals surface area contributed by atoms with E-state index in [1.807, 2.05) is 0 Å². The number of aromatic nitrogens is 9. The van der Waals surface area contributed by atoms with E-state index in [9.17, 15) is 22.0 Å². The van der Waals surface area contributed by atoms with Crippen LogP contribution in [0.3, 0.4) is 0 Å². The second kappa shape index (κ2) is 11.3. The van der Waals surface area contributed by atoms with Gasteiger partial charge in [0.2, 0.25) is 0 Å². The van der Waals surface area contributed by atoms with Gasteiger partial charge < -0.3 is 4.74 Å². The molecule has 0 saturated carbocycles. The first-order valence-electron chi connectivity index (χ1n) is 11.8. The number of halogens is 7. The quantitative estimate of drug-likeness (QED) is 0.211. The van der Waals surface area contributed by atoms with Crippen molar-refractivity contribution in [2.24, 2.45) is 7.05 Å². The molecule has 4 aromatic heterocycles. The SMILES string of the molecule is Cn1nncc1-c1cnn(C(CCOC(F)F)c2ccc(-c3c(-n4cc(C(F)(F)F)nn4)ccc(Cl)c3F)cn2)c1. The van der Waals surface area contributed by atoms with Crippen LogP contribution in [0.4, 0.5) is 26.3 Å². The van der Waals surface area contributed by atoms with Gasteiger partial charge >= 0.3 is 12.8 Å². The number of hydrogen-bond acceptors (Lipinski definition) is 7. The van der Waals surface area contributed by atoms with E-state index < -0.39 is 30.3 Å². The third-order valence-electron chi connectivity index (χ3n) is 6.09. The van der Waals surface area contributed by atoms with Crippen LogP contribution >= 0.6 is 11.6 Å². The molecule has 1 atom stereocenters. The summed E-state index contributed by atoms with van der Waals surface area (Å²) >= 11 is 5.98. The largest absolute Gasteiger partial charge is 0.436 e. The molecule has 5 rings (SSSR count). The topological polar surface area (TPSA) is 101 Å². The van der Waals surface area contributed by atoms with Crippen molar-refractivity contribution in [2.75, 3.05) is 6.61 Å². The van der Waals surface area contributed by atoms with Crippen LogP contribution in [-0.2, 0) is 18.0 Å². The third-order valence-corrected chi connectivity index (χ3v) is 6.38. The number of pyridine rings is 1. The lowest BCUT2D eigenvalue weighted by Gasteiger charge is -2.18. The molecule has 17 heteroatoms. The predicted octanol–water partition coefficient (Wildman–Crippen LogP) is 5.35. The summed E-state index contributed by atoms with van der Waals surface area (Å²) in [5, 5.41) is 18.4. The molecule has 0 aliphatic rings. The molecule has 0 N–H and O–H groups in total. The molecule has 0 fully saturated rings. The number of alkyl halides is 5. The smallest absolute Gasteiger partial charge is 0.323 e. The van der Waals surface area contributed by atoms with E-state index in [1.54, 1.807) is 19.4 Å². The number of rotatable bonds is 9. The van der Waals surface area contributed by atoms with Crippen LogP contribution in [0.5, 0.6) is 0 Å². The number of ether oxygens (including phenoxy) is 1. The van der Waals surface area contributed by atoms with Gasteiger partial charge in [0.25, 0.3) is 0 Å². The van der Waals surface area contributed by atoms with E-state index in [0.717, 1.165) is 4.68 Å². The highest BCUT2D eigenvalue weighted by Crippen LogP contribution is 2.35. The first-order valence-corrected chi connectivity index (χ1v) is 12.1. The Kier molecular flexibility index (Phi) is 7.77. The summed E-state index contributed by atoms with van der Waals surface area (Å²) in [5.74, 6) is -0.911. The number of benzene rings is 1. The van der Waals surface area contributed by atoms with Gasteiger partial charge in [0.05, 0.1) is 53.3 Å². The fourth-order valence-electron chi connectivity index (χ4n) is 4.14. The number of aryl methyl sites for hydroxylation is 1. The molecular weight excluding hydrogens is 580 g/mol. The van der Waals surface area contributed by atoms with Crippen LogP contribution in [0.25, 0.3) is 28.1 Å². The van der Waals surface area contributed by atoms with Gasteiger partial charge in [0, 0.05) is 36.1 Å². The summed E-state index contributed by atoms with van der Waals surface area (Å²) in [5.41, 5.74) is 0.358. The Hall–Kier alpha value is -4.31. The lowest BCUT2D eigenvalue weighted by molar-refractivity contribution is -0.141. The highest BCUT2D eigenvalue weighted by Gasteiger charge is 2.35. The molecule has 5 aromatic rings. The maximum Gasteiger partial charge on any atom is 0.436 e. The Morgan fingerprint density at radius 3 is 2.44 bits per heavy atom. The standard InChI is InChI=1S/C24H18ClF6N9O/c1-38-19(10-33-36-38)14-9-34-39(11-14)17(6-7-41-23(27)28)16-4-2-13(8-32-16)21-18(5-3-15(25)22(21)26)40-12-20(35-37-40)24(29,30)31/h2-5,8-12,17,23H,6-7H2,1H3. The van der Waals surface area contributed by atoms with E-state index in [1.165, 1.54) is 46.0 Å². The molecule has 0 radical (unpaired) electrons. The zero-order valence-electron chi connectivity index (χ0n) is 20.8. The fraction of sp³-hybridized carbons (Fsp3) is 0.250. The van der Waals surface area contributed by atoms with Crippen molar-refractivity contribution in [2.45, 2.75) is 25.3 Å². The van der Waals surface area contributed by atoms with E-state index in [4.69, 9.17) is 11.6 Å². The summed E-state index contributed by atoms with van der Waals surface area (Å²) in [6.45, 7) is -3.30. The van der Waals surface area contributed by atoms with Gasteiger partial charge in [-0.15, -0.1) is 10.2 Å². The van der Waals surface area contributed by atoms with Gasteiger partial charge in [-0.2, -0.15) is 27.1 Å². The molecule has 0 saturated heterocycles. The molecule has 1 unspecified atom stereocenters. The van der Waals surface area contributed by atoms with Crippen molar-refractivity contribution in [3.63, 3.8) is 0 Å². The van der Waals surface area contributed by atoms with Gasteiger partial charge in [0.15, 0.2) is 11.5 Å². The van der Waals surface area contributed by atoms with E-state index in [0.29, 0.717) is 23.1 Å². The lowest BCUT2D eigenvalue weighted by Crippen LogP contribution is -2.16. The lowest BCUT2D eigenvalue weighted by atomic mass is 10.0. The van der Waals surface area contributed by atoms with Crippen LogP contribution in [0, 0.1) is 5.82 Å². The summed E-state index contributed by atoms with van der Waals surface area (Å²) in [6, 6.07) is 4.79. The molecule has 1 aromatic carbocycles. The molecule has 0 aliphatic carbocycles. The Bertz CT molecular complexity index is 1650.